The van der Waals surface area contributed by atoms with Crippen molar-refractivity contribution in [3.05, 3.63) is 36.0 Å². The van der Waals surface area contributed by atoms with Crippen LogP contribution in [0.5, 0.6) is 0 Å². The molecule has 0 fully saturated rings. The summed E-state index contributed by atoms with van der Waals surface area (Å²) in [5.74, 6) is -1.09. The number of aliphatic carboxylic acids is 1. The monoisotopic (exact) mass is 338 g/mol. The molecule has 24 heavy (non-hydrogen) atoms. The normalized spacial score (nSPS) is 12.0. The number of para-hydroxylation sites is 1. The van der Waals surface area contributed by atoms with E-state index < -0.39 is 12.0 Å². The van der Waals surface area contributed by atoms with Gasteiger partial charge in [0.05, 0.1) is 12.0 Å². The molecule has 1 amide bonds. The zero-order valence-corrected chi connectivity index (χ0v) is 16.8. The number of carboxylic acids is 1. The number of nitrogens with zero attached hydrogens (tertiary/aromatic N) is 1. The summed E-state index contributed by atoms with van der Waals surface area (Å²) in [7, 11) is 1.92. The first-order valence-corrected chi connectivity index (χ1v) is 7.91. The van der Waals surface area contributed by atoms with Gasteiger partial charge < -0.3 is 19.8 Å². The molecule has 1 aromatic heterocycles. The third kappa shape index (κ3) is 5.36. The van der Waals surface area contributed by atoms with E-state index in [0.717, 1.165) is 22.9 Å². The maximum Gasteiger partial charge on any atom is 1.00 e. The van der Waals surface area contributed by atoms with Gasteiger partial charge in [-0.15, -0.1) is 0 Å². The molecule has 0 aliphatic rings. The Hall–Kier alpha value is -1.30. The molecule has 1 N–H and O–H groups in total. The van der Waals surface area contributed by atoms with Crippen LogP contribution in [-0.4, -0.2) is 22.5 Å². The molecule has 1 heterocycles. The maximum atomic E-state index is 11.9. The Kier molecular flexibility index (Phi) is 8.00. The molecule has 2 rings (SSSR count). The van der Waals surface area contributed by atoms with Gasteiger partial charge in [-0.1, -0.05) is 32.0 Å². The molecule has 5 nitrogen and oxygen atoms in total. The number of hydrogen-bond donors (Lipinski definition) is 1. The summed E-state index contributed by atoms with van der Waals surface area (Å²) in [6.07, 6.45) is 3.19. The molecule has 0 aliphatic heterocycles. The van der Waals surface area contributed by atoms with Gasteiger partial charge in [0, 0.05) is 37.0 Å². The number of benzene rings is 1. The number of aryl methyl sites for hydroxylation is 1. The molecule has 124 valence electrons. The van der Waals surface area contributed by atoms with Gasteiger partial charge >= 0.3 is 29.6 Å². The quantitative estimate of drug-likeness (QED) is 0.618. The van der Waals surface area contributed by atoms with Gasteiger partial charge in [0.25, 0.3) is 0 Å². The van der Waals surface area contributed by atoms with Crippen molar-refractivity contribution in [2.24, 2.45) is 13.0 Å². The van der Waals surface area contributed by atoms with Crippen molar-refractivity contribution in [1.29, 1.82) is 0 Å². The van der Waals surface area contributed by atoms with E-state index in [1.54, 1.807) is 0 Å². The van der Waals surface area contributed by atoms with Crippen molar-refractivity contribution in [2.75, 3.05) is 0 Å². The molecule has 0 bridgehead atoms. The number of amides is 1. The first-order valence-electron chi connectivity index (χ1n) is 7.91. The van der Waals surface area contributed by atoms with Crippen LogP contribution in [0.1, 0.15) is 32.3 Å². The van der Waals surface area contributed by atoms with Gasteiger partial charge in [0.2, 0.25) is 5.91 Å². The van der Waals surface area contributed by atoms with Gasteiger partial charge in [-0.3, -0.25) is 4.79 Å². The van der Waals surface area contributed by atoms with E-state index >= 15 is 0 Å². The molecular formula is C18H23N2NaO3. The Balaban J connectivity index is 0.00000288. The molecule has 1 aromatic carbocycles. The number of carbonyl (C=O) groups excluding carboxylic acids is 2. The Morgan fingerprint density at radius 2 is 1.92 bits per heavy atom. The molecular weight excluding hydrogens is 315 g/mol. The van der Waals surface area contributed by atoms with Crippen LogP contribution < -0.4 is 40.0 Å². The summed E-state index contributed by atoms with van der Waals surface area (Å²) in [6.45, 7) is 4.05. The number of nitrogens with one attached hydrogen (secondary N) is 1. The van der Waals surface area contributed by atoms with E-state index in [9.17, 15) is 14.7 Å². The molecule has 6 heteroatoms. The minimum absolute atomic E-state index is 0. The molecule has 0 saturated carbocycles. The van der Waals surface area contributed by atoms with Crippen molar-refractivity contribution in [3.8, 4) is 0 Å². The number of rotatable bonds is 7. The number of aromatic nitrogens is 1. The van der Waals surface area contributed by atoms with Crippen LogP contribution in [0, 0.1) is 5.92 Å². The predicted octanol–water partition coefficient (Wildman–Crippen LogP) is -1.60. The van der Waals surface area contributed by atoms with Crippen molar-refractivity contribution in [1.82, 2.24) is 9.88 Å². The topological polar surface area (TPSA) is 74.2 Å². The fourth-order valence-corrected chi connectivity index (χ4v) is 2.69. The Morgan fingerprint density at radius 1 is 1.25 bits per heavy atom. The van der Waals surface area contributed by atoms with E-state index in [-0.39, 0.29) is 41.9 Å². The van der Waals surface area contributed by atoms with Gasteiger partial charge in [-0.25, -0.2) is 0 Å². The SMILES string of the molecule is CC(C)CCC(=O)NC(Cc1cn(C)c2ccccc12)C(=O)[O-].[Na+]. The van der Waals surface area contributed by atoms with E-state index in [0.29, 0.717) is 12.3 Å². The van der Waals surface area contributed by atoms with Gasteiger partial charge in [-0.2, -0.15) is 0 Å². The fraction of sp³-hybridized carbons (Fsp3) is 0.444. The molecule has 0 aliphatic carbocycles. The molecule has 0 saturated heterocycles. The van der Waals surface area contributed by atoms with Crippen LogP contribution in [0.15, 0.2) is 30.5 Å². The molecule has 0 radical (unpaired) electrons. The van der Waals surface area contributed by atoms with E-state index in [1.165, 1.54) is 0 Å². The third-order valence-electron chi connectivity index (χ3n) is 3.97. The predicted molar refractivity (Wildman–Crippen MR) is 87.6 cm³/mol. The van der Waals surface area contributed by atoms with Crippen molar-refractivity contribution in [2.45, 2.75) is 39.2 Å². The summed E-state index contributed by atoms with van der Waals surface area (Å²) in [5, 5.41) is 15.0. The summed E-state index contributed by atoms with van der Waals surface area (Å²) >= 11 is 0. The summed E-state index contributed by atoms with van der Waals surface area (Å²) in [4.78, 5) is 23.3. The van der Waals surface area contributed by atoms with E-state index in [4.69, 9.17) is 0 Å². The average Bonchev–Trinajstić information content (AvgIpc) is 2.81. The van der Waals surface area contributed by atoms with Crippen molar-refractivity contribution < 1.29 is 44.3 Å². The summed E-state index contributed by atoms with van der Waals surface area (Å²) in [6, 6.07) is 6.78. The third-order valence-corrected chi connectivity index (χ3v) is 3.97. The number of carboxylic acid groups (broad SMARTS) is 1. The Bertz CT molecular complexity index is 709. The Morgan fingerprint density at radius 3 is 2.54 bits per heavy atom. The molecule has 1 unspecified atom stereocenters. The van der Waals surface area contributed by atoms with E-state index in [1.807, 2.05) is 55.9 Å². The van der Waals surface area contributed by atoms with E-state index in [2.05, 4.69) is 5.32 Å². The Labute approximate surface area is 164 Å². The first-order chi connectivity index (χ1) is 10.9. The van der Waals surface area contributed by atoms with Crippen molar-refractivity contribution >= 4 is 22.8 Å². The first kappa shape index (κ1) is 20.7. The minimum Gasteiger partial charge on any atom is -0.548 e. The largest absolute Gasteiger partial charge is 1.00 e. The average molecular weight is 338 g/mol. The molecule has 0 spiro atoms. The second kappa shape index (κ2) is 9.25. The smallest absolute Gasteiger partial charge is 0.548 e. The standard InChI is InChI=1S/C18H24N2O3.Na/c1-12(2)8-9-17(21)19-15(18(22)23)10-13-11-20(3)16-7-5-4-6-14(13)16;/h4-7,11-12,15H,8-10H2,1-3H3,(H,19,21)(H,22,23);/q;+1/p-1. The fourth-order valence-electron chi connectivity index (χ4n) is 2.69. The second-order valence-corrected chi connectivity index (χ2v) is 6.36. The molecule has 1 atom stereocenters. The second-order valence-electron chi connectivity index (χ2n) is 6.36. The van der Waals surface area contributed by atoms with Gasteiger partial charge in [0.15, 0.2) is 0 Å². The van der Waals surface area contributed by atoms with Crippen LogP contribution >= 0.6 is 0 Å². The van der Waals surface area contributed by atoms with Crippen LogP contribution in [0.2, 0.25) is 0 Å². The van der Waals surface area contributed by atoms with Gasteiger partial charge in [0.1, 0.15) is 0 Å². The maximum absolute atomic E-state index is 11.9. The molecule has 2 aromatic rings. The zero-order chi connectivity index (χ0) is 17.0. The zero-order valence-electron chi connectivity index (χ0n) is 14.8. The van der Waals surface area contributed by atoms with Crippen LogP contribution in [0.3, 0.4) is 0 Å². The minimum atomic E-state index is -1.25. The van der Waals surface area contributed by atoms with Crippen molar-refractivity contribution in [3.63, 3.8) is 0 Å². The number of fused-ring (bicyclic) bond motifs is 1. The van der Waals surface area contributed by atoms with Crippen LogP contribution in [-0.2, 0) is 23.1 Å². The van der Waals surface area contributed by atoms with Gasteiger partial charge in [-0.05, 0) is 24.0 Å². The summed E-state index contributed by atoms with van der Waals surface area (Å²) < 4.78 is 1.96. The summed E-state index contributed by atoms with van der Waals surface area (Å²) in [5.41, 5.74) is 1.92. The number of carbonyl (C=O) groups is 2. The van der Waals surface area contributed by atoms with Crippen LogP contribution in [0.25, 0.3) is 10.9 Å². The number of hydrogen-bond acceptors (Lipinski definition) is 3. The van der Waals surface area contributed by atoms with Crippen LogP contribution in [0.4, 0.5) is 0 Å².